The zero-order chi connectivity index (χ0) is 37.9. The molecular weight excluding hydrogens is 650 g/mol. The van der Waals surface area contributed by atoms with E-state index in [2.05, 4.69) is 29.6 Å². The number of hydrazine groups is 1. The van der Waals surface area contributed by atoms with Crippen LogP contribution in [0.2, 0.25) is 0 Å². The van der Waals surface area contributed by atoms with E-state index in [1.807, 2.05) is 64.1 Å². The third-order valence-corrected chi connectivity index (χ3v) is 9.02. The summed E-state index contributed by atoms with van der Waals surface area (Å²) in [7, 11) is 0. The summed E-state index contributed by atoms with van der Waals surface area (Å²) in [6, 6.07) is 9.72. The van der Waals surface area contributed by atoms with Gasteiger partial charge in [0, 0.05) is 57.0 Å². The van der Waals surface area contributed by atoms with Crippen LogP contribution in [0.1, 0.15) is 78.0 Å². The Labute approximate surface area is 303 Å². The number of benzene rings is 1. The van der Waals surface area contributed by atoms with E-state index in [1.54, 1.807) is 41.0 Å². The van der Waals surface area contributed by atoms with E-state index in [4.69, 9.17) is 10.5 Å². The number of pyridine rings is 1. The van der Waals surface area contributed by atoms with Gasteiger partial charge in [0.05, 0.1) is 18.8 Å². The fourth-order valence-corrected chi connectivity index (χ4v) is 6.20. The van der Waals surface area contributed by atoms with Gasteiger partial charge in [-0.25, -0.2) is 14.6 Å². The summed E-state index contributed by atoms with van der Waals surface area (Å²) in [4.78, 5) is 60.0. The third-order valence-electron chi connectivity index (χ3n) is 9.02. The highest BCUT2D eigenvalue weighted by atomic mass is 16.5. The average molecular weight is 710 g/mol. The van der Waals surface area contributed by atoms with Crippen molar-refractivity contribution in [2.45, 2.75) is 99.4 Å². The molecule has 2 heterocycles. The summed E-state index contributed by atoms with van der Waals surface area (Å²) in [6.07, 6.45) is 2.61. The molecule has 13 nitrogen and oxygen atoms in total. The Morgan fingerprint density at radius 2 is 1.76 bits per heavy atom. The summed E-state index contributed by atoms with van der Waals surface area (Å²) in [5.41, 5.74) is 9.67. The Kier molecular flexibility index (Phi) is 14.8. The number of aliphatic hydroxyl groups excluding tert-OH is 1. The SMILES string of the molecule is Cc1ccncc1CN1CCN([C@H](C(=O)N[C@@H](Cc2ccccc2)[C@@H](O)CN(CCC(C)C)NC(=O)CC(C)(C)COC(N)=O)C(C)(C)C)C1=O. The predicted molar refractivity (Wildman–Crippen MR) is 196 cm³/mol. The van der Waals surface area contributed by atoms with E-state index in [9.17, 15) is 24.3 Å². The van der Waals surface area contributed by atoms with Crippen LogP contribution in [0.4, 0.5) is 9.59 Å². The Balaban J connectivity index is 1.82. The zero-order valence-corrected chi connectivity index (χ0v) is 31.6. The largest absolute Gasteiger partial charge is 0.449 e. The molecule has 0 saturated carbocycles. The first-order valence-corrected chi connectivity index (χ1v) is 17.8. The molecule has 13 heteroatoms. The lowest BCUT2D eigenvalue weighted by molar-refractivity contribution is -0.132. The van der Waals surface area contributed by atoms with Gasteiger partial charge in [-0.1, -0.05) is 78.8 Å². The summed E-state index contributed by atoms with van der Waals surface area (Å²) in [6.45, 7) is 17.2. The van der Waals surface area contributed by atoms with Crippen molar-refractivity contribution >= 4 is 23.9 Å². The molecule has 5 amide bonds. The first kappa shape index (κ1) is 41.2. The maximum Gasteiger partial charge on any atom is 0.404 e. The number of primary amides is 1. The summed E-state index contributed by atoms with van der Waals surface area (Å²) in [5, 5.41) is 16.6. The molecule has 0 radical (unpaired) electrons. The number of aliphatic hydroxyl groups is 1. The van der Waals surface area contributed by atoms with Gasteiger partial charge in [-0.05, 0) is 53.9 Å². The van der Waals surface area contributed by atoms with Gasteiger partial charge in [-0.2, -0.15) is 0 Å². The second-order valence-corrected chi connectivity index (χ2v) is 16.0. The Hall–Kier alpha value is -4.23. The van der Waals surface area contributed by atoms with Crippen LogP contribution < -0.4 is 16.5 Å². The maximum absolute atomic E-state index is 14.3. The molecule has 0 spiro atoms. The van der Waals surface area contributed by atoms with Crippen LogP contribution in [0.5, 0.6) is 0 Å². The number of carbonyl (C=O) groups excluding carboxylic acids is 4. The van der Waals surface area contributed by atoms with Gasteiger partial charge in [0.15, 0.2) is 0 Å². The van der Waals surface area contributed by atoms with Crippen molar-refractivity contribution in [3.63, 3.8) is 0 Å². The van der Waals surface area contributed by atoms with Crippen molar-refractivity contribution in [3.8, 4) is 0 Å². The van der Waals surface area contributed by atoms with Crippen molar-refractivity contribution in [1.29, 1.82) is 0 Å². The number of nitrogens with one attached hydrogen (secondary N) is 2. The average Bonchev–Trinajstić information content (AvgIpc) is 3.37. The number of rotatable bonds is 18. The van der Waals surface area contributed by atoms with Gasteiger partial charge in [0.1, 0.15) is 6.04 Å². The molecule has 1 aliphatic rings. The lowest BCUT2D eigenvalue weighted by Gasteiger charge is -2.38. The Bertz CT molecular complexity index is 1460. The molecule has 51 heavy (non-hydrogen) atoms. The number of ether oxygens (including phenoxy) is 1. The van der Waals surface area contributed by atoms with Gasteiger partial charge < -0.3 is 30.7 Å². The Morgan fingerprint density at radius 1 is 1.08 bits per heavy atom. The number of nitrogens with zero attached hydrogens (tertiary/aromatic N) is 4. The zero-order valence-electron chi connectivity index (χ0n) is 31.6. The van der Waals surface area contributed by atoms with Crippen molar-refractivity contribution < 1.29 is 29.0 Å². The lowest BCUT2D eigenvalue weighted by Crippen LogP contribution is -2.60. The molecule has 3 rings (SSSR count). The molecule has 5 N–H and O–H groups in total. The molecule has 282 valence electrons. The number of hydrogen-bond acceptors (Lipinski definition) is 8. The summed E-state index contributed by atoms with van der Waals surface area (Å²) >= 11 is 0. The normalized spacial score (nSPS) is 15.5. The fraction of sp³-hybridized carbons (Fsp3) is 0.605. The second-order valence-electron chi connectivity index (χ2n) is 16.0. The minimum Gasteiger partial charge on any atom is -0.449 e. The maximum atomic E-state index is 14.3. The van der Waals surface area contributed by atoms with Gasteiger partial charge in [-0.3, -0.25) is 20.0 Å². The minimum atomic E-state index is -1.09. The van der Waals surface area contributed by atoms with Gasteiger partial charge >= 0.3 is 12.1 Å². The van der Waals surface area contributed by atoms with Gasteiger partial charge in [0.25, 0.3) is 0 Å². The molecule has 1 saturated heterocycles. The molecule has 1 aromatic heterocycles. The molecular formula is C38H59N7O6. The second kappa shape index (κ2) is 18.3. The van der Waals surface area contributed by atoms with Crippen LogP contribution in [0.25, 0.3) is 0 Å². The highest BCUT2D eigenvalue weighted by molar-refractivity contribution is 5.89. The number of aromatic nitrogens is 1. The quantitative estimate of drug-likeness (QED) is 0.168. The van der Waals surface area contributed by atoms with Crippen LogP contribution >= 0.6 is 0 Å². The fourth-order valence-electron chi connectivity index (χ4n) is 6.20. The molecule has 3 atom stereocenters. The van der Waals surface area contributed by atoms with Gasteiger partial charge in [-0.15, -0.1) is 0 Å². The summed E-state index contributed by atoms with van der Waals surface area (Å²) < 4.78 is 4.94. The van der Waals surface area contributed by atoms with E-state index < -0.39 is 35.1 Å². The van der Waals surface area contributed by atoms with Gasteiger partial charge in [0.2, 0.25) is 11.8 Å². The first-order chi connectivity index (χ1) is 23.9. The number of urea groups is 1. The van der Waals surface area contributed by atoms with Crippen molar-refractivity contribution in [1.82, 2.24) is 30.5 Å². The molecule has 0 bridgehead atoms. The first-order valence-electron chi connectivity index (χ1n) is 17.8. The smallest absolute Gasteiger partial charge is 0.404 e. The number of amides is 5. The van der Waals surface area contributed by atoms with Crippen LogP contribution in [0.15, 0.2) is 48.8 Å². The number of nitrogens with two attached hydrogens (primary N) is 1. The number of aryl methyl sites for hydroxylation is 1. The highest BCUT2D eigenvalue weighted by Gasteiger charge is 2.44. The van der Waals surface area contributed by atoms with Crippen molar-refractivity contribution in [2.24, 2.45) is 22.5 Å². The van der Waals surface area contributed by atoms with Crippen LogP contribution in [0, 0.1) is 23.7 Å². The van der Waals surface area contributed by atoms with E-state index in [0.717, 1.165) is 23.1 Å². The van der Waals surface area contributed by atoms with Crippen LogP contribution in [0.3, 0.4) is 0 Å². The van der Waals surface area contributed by atoms with Crippen molar-refractivity contribution in [3.05, 3.63) is 65.5 Å². The van der Waals surface area contributed by atoms with Crippen LogP contribution in [-0.2, 0) is 27.3 Å². The van der Waals surface area contributed by atoms with E-state index in [1.165, 1.54) is 0 Å². The molecule has 1 aromatic carbocycles. The summed E-state index contributed by atoms with van der Waals surface area (Å²) in [5.74, 6) is -0.336. The third kappa shape index (κ3) is 13.1. The lowest BCUT2D eigenvalue weighted by atomic mass is 9.84. The van der Waals surface area contributed by atoms with Crippen LogP contribution in [-0.4, -0.2) is 99.8 Å². The molecule has 1 fully saturated rings. The molecule has 0 aliphatic carbocycles. The topological polar surface area (TPSA) is 170 Å². The molecule has 2 aromatic rings. The monoisotopic (exact) mass is 709 g/mol. The number of hydrogen-bond donors (Lipinski definition) is 4. The Morgan fingerprint density at radius 3 is 2.37 bits per heavy atom. The highest BCUT2D eigenvalue weighted by Crippen LogP contribution is 2.29. The van der Waals surface area contributed by atoms with E-state index in [-0.39, 0.29) is 37.4 Å². The minimum absolute atomic E-state index is 0.0229. The van der Waals surface area contributed by atoms with E-state index in [0.29, 0.717) is 38.5 Å². The molecule has 0 unspecified atom stereocenters. The number of carbonyl (C=O) groups is 4. The standard InChI is InChI=1S/C38H59N7O6/c1-26(2)15-17-44(42-32(47)21-38(7,8)25-51-35(39)49)24-31(46)30(20-28-12-10-9-11-13-28)41-34(48)33(37(4,5)6)45-19-18-43(36(45)50)23-29-22-40-16-14-27(29)3/h9-14,16,22,26,30-31,33,46H,15,17-21,23-25H2,1-8H3,(H2,39,49)(H,41,48)(H,42,47)/t30-,31-,33+/m0/s1. The van der Waals surface area contributed by atoms with E-state index >= 15 is 0 Å². The van der Waals surface area contributed by atoms with Crippen molar-refractivity contribution in [2.75, 3.05) is 32.8 Å². The predicted octanol–water partition coefficient (Wildman–Crippen LogP) is 4.02. The molecule has 1 aliphatic heterocycles.